The number of aryl methyl sites for hydroxylation is 1. The number of hydrogen-bond donors (Lipinski definition) is 2. The molecule has 0 bridgehead atoms. The van der Waals surface area contributed by atoms with Crippen LogP contribution < -0.4 is 5.32 Å². The van der Waals surface area contributed by atoms with Gasteiger partial charge in [-0.05, 0) is 43.5 Å². The summed E-state index contributed by atoms with van der Waals surface area (Å²) in [6.45, 7) is 3.65. The lowest BCUT2D eigenvalue weighted by atomic mass is 10.1. The Labute approximate surface area is 134 Å². The largest absolute Gasteiger partial charge is 0.381 e. The number of anilines is 1. The van der Waals surface area contributed by atoms with Crippen molar-refractivity contribution in [2.24, 2.45) is 0 Å². The quantitative estimate of drug-likeness (QED) is 0.778. The Bertz CT molecular complexity index is 823. The van der Waals surface area contributed by atoms with E-state index in [1.807, 2.05) is 24.4 Å². The number of aromatic nitrogens is 4. The molecule has 0 saturated carbocycles. The summed E-state index contributed by atoms with van der Waals surface area (Å²) >= 11 is 0. The number of fused-ring (bicyclic) bond motifs is 1. The first-order valence-corrected chi connectivity index (χ1v) is 7.91. The summed E-state index contributed by atoms with van der Waals surface area (Å²) in [5, 5.41) is 12.1. The van der Waals surface area contributed by atoms with Gasteiger partial charge in [-0.25, -0.2) is 4.98 Å². The van der Waals surface area contributed by atoms with Crippen molar-refractivity contribution < 1.29 is 4.74 Å². The number of hydrogen-bond acceptors (Lipinski definition) is 5. The van der Waals surface area contributed by atoms with Crippen molar-refractivity contribution in [1.82, 2.24) is 20.2 Å². The van der Waals surface area contributed by atoms with E-state index in [0.29, 0.717) is 6.04 Å². The zero-order valence-electron chi connectivity index (χ0n) is 13.0. The van der Waals surface area contributed by atoms with Crippen LogP contribution in [0, 0.1) is 6.92 Å². The lowest BCUT2D eigenvalue weighted by Crippen LogP contribution is -2.28. The van der Waals surface area contributed by atoms with Gasteiger partial charge in [-0.3, -0.25) is 10.1 Å². The Balaban J connectivity index is 1.77. The molecule has 1 saturated heterocycles. The molecular formula is C17H19N5O. The fourth-order valence-electron chi connectivity index (χ4n) is 2.96. The third-order valence-electron chi connectivity index (χ3n) is 4.20. The highest BCUT2D eigenvalue weighted by atomic mass is 16.5. The van der Waals surface area contributed by atoms with Gasteiger partial charge < -0.3 is 10.1 Å². The van der Waals surface area contributed by atoms with Crippen LogP contribution in [0.5, 0.6) is 0 Å². The fraction of sp³-hybridized carbons (Fsp3) is 0.353. The molecule has 0 atom stereocenters. The van der Waals surface area contributed by atoms with Gasteiger partial charge in [0.15, 0.2) is 0 Å². The molecule has 0 unspecified atom stereocenters. The third kappa shape index (κ3) is 2.77. The molecule has 0 aliphatic carbocycles. The molecule has 4 rings (SSSR count). The Morgan fingerprint density at radius 3 is 2.83 bits per heavy atom. The van der Waals surface area contributed by atoms with Crippen LogP contribution in [0.25, 0.3) is 22.3 Å². The molecule has 4 heterocycles. The Hall–Kier alpha value is -2.47. The van der Waals surface area contributed by atoms with Crippen molar-refractivity contribution in [3.8, 4) is 11.4 Å². The second-order valence-corrected chi connectivity index (χ2v) is 5.90. The number of nitrogens with zero attached hydrogens (tertiary/aromatic N) is 3. The number of rotatable bonds is 3. The molecular weight excluding hydrogens is 290 g/mol. The van der Waals surface area contributed by atoms with E-state index in [9.17, 15) is 0 Å². The van der Waals surface area contributed by atoms with E-state index in [2.05, 4.69) is 32.4 Å². The zero-order valence-corrected chi connectivity index (χ0v) is 13.0. The zero-order chi connectivity index (χ0) is 15.6. The van der Waals surface area contributed by atoms with E-state index in [-0.39, 0.29) is 0 Å². The Kier molecular flexibility index (Phi) is 3.67. The summed E-state index contributed by atoms with van der Waals surface area (Å²) in [6.07, 6.45) is 5.60. The molecule has 23 heavy (non-hydrogen) atoms. The SMILES string of the molecule is Cc1ccnc(-c2n[nH]c3ccnc(NC4CCOCC4)c23)c1. The van der Waals surface area contributed by atoms with Gasteiger partial charge in [0.1, 0.15) is 11.5 Å². The molecule has 0 radical (unpaired) electrons. The summed E-state index contributed by atoms with van der Waals surface area (Å²) in [7, 11) is 0. The van der Waals surface area contributed by atoms with Crippen LogP contribution >= 0.6 is 0 Å². The number of ether oxygens (including phenoxy) is 1. The predicted molar refractivity (Wildman–Crippen MR) is 89.3 cm³/mol. The van der Waals surface area contributed by atoms with Crippen molar-refractivity contribution in [3.05, 3.63) is 36.2 Å². The molecule has 0 amide bonds. The molecule has 118 valence electrons. The Morgan fingerprint density at radius 1 is 1.17 bits per heavy atom. The van der Waals surface area contributed by atoms with Crippen LogP contribution in [0.3, 0.4) is 0 Å². The second kappa shape index (κ2) is 5.96. The minimum atomic E-state index is 0.384. The van der Waals surface area contributed by atoms with Crippen molar-refractivity contribution in [2.45, 2.75) is 25.8 Å². The van der Waals surface area contributed by atoms with E-state index in [1.165, 1.54) is 0 Å². The molecule has 1 aliphatic heterocycles. The normalized spacial score (nSPS) is 15.9. The smallest absolute Gasteiger partial charge is 0.137 e. The topological polar surface area (TPSA) is 75.7 Å². The van der Waals surface area contributed by atoms with Crippen LogP contribution in [0.2, 0.25) is 0 Å². The van der Waals surface area contributed by atoms with E-state index in [1.54, 1.807) is 6.20 Å². The van der Waals surface area contributed by atoms with Crippen LogP contribution in [-0.4, -0.2) is 39.4 Å². The monoisotopic (exact) mass is 309 g/mol. The van der Waals surface area contributed by atoms with Crippen LogP contribution in [0.4, 0.5) is 5.82 Å². The molecule has 0 aromatic carbocycles. The first-order valence-electron chi connectivity index (χ1n) is 7.91. The number of H-pyrrole nitrogens is 1. The highest BCUT2D eigenvalue weighted by molar-refractivity contribution is 5.99. The lowest BCUT2D eigenvalue weighted by Gasteiger charge is -2.23. The maximum absolute atomic E-state index is 5.43. The molecule has 3 aromatic heterocycles. The first kappa shape index (κ1) is 14.1. The molecule has 6 nitrogen and oxygen atoms in total. The molecule has 3 aromatic rings. The number of pyridine rings is 2. The number of aromatic amines is 1. The minimum Gasteiger partial charge on any atom is -0.381 e. The molecule has 6 heteroatoms. The van der Waals surface area contributed by atoms with E-state index in [4.69, 9.17) is 4.74 Å². The summed E-state index contributed by atoms with van der Waals surface area (Å²) in [4.78, 5) is 9.00. The van der Waals surface area contributed by atoms with Crippen molar-refractivity contribution in [2.75, 3.05) is 18.5 Å². The molecule has 0 spiro atoms. The summed E-state index contributed by atoms with van der Waals surface area (Å²) in [5.41, 5.74) is 3.83. The van der Waals surface area contributed by atoms with Crippen molar-refractivity contribution in [1.29, 1.82) is 0 Å². The minimum absolute atomic E-state index is 0.384. The molecule has 2 N–H and O–H groups in total. The highest BCUT2D eigenvalue weighted by Gasteiger charge is 2.19. The average molecular weight is 309 g/mol. The van der Waals surface area contributed by atoms with Gasteiger partial charge in [-0.2, -0.15) is 5.10 Å². The summed E-state index contributed by atoms with van der Waals surface area (Å²) < 4.78 is 5.43. The van der Waals surface area contributed by atoms with Crippen LogP contribution in [-0.2, 0) is 4.74 Å². The van der Waals surface area contributed by atoms with Gasteiger partial charge in [0.2, 0.25) is 0 Å². The molecule has 1 aliphatic rings. The maximum Gasteiger partial charge on any atom is 0.137 e. The maximum atomic E-state index is 5.43. The van der Waals surface area contributed by atoms with Gasteiger partial charge in [-0.15, -0.1) is 0 Å². The fourth-order valence-corrected chi connectivity index (χ4v) is 2.96. The van der Waals surface area contributed by atoms with Gasteiger partial charge >= 0.3 is 0 Å². The first-order chi connectivity index (χ1) is 11.3. The van der Waals surface area contributed by atoms with Crippen LogP contribution in [0.1, 0.15) is 18.4 Å². The summed E-state index contributed by atoms with van der Waals surface area (Å²) in [5.74, 6) is 0.862. The second-order valence-electron chi connectivity index (χ2n) is 5.90. The lowest BCUT2D eigenvalue weighted by molar-refractivity contribution is 0.0904. The van der Waals surface area contributed by atoms with Crippen molar-refractivity contribution in [3.63, 3.8) is 0 Å². The summed E-state index contributed by atoms with van der Waals surface area (Å²) in [6, 6.07) is 6.35. The van der Waals surface area contributed by atoms with Gasteiger partial charge in [0.05, 0.1) is 16.6 Å². The van der Waals surface area contributed by atoms with Gasteiger partial charge in [0.25, 0.3) is 0 Å². The van der Waals surface area contributed by atoms with Crippen molar-refractivity contribution >= 4 is 16.7 Å². The van der Waals surface area contributed by atoms with E-state index in [0.717, 1.165) is 59.7 Å². The Morgan fingerprint density at radius 2 is 2.00 bits per heavy atom. The van der Waals surface area contributed by atoms with E-state index < -0.39 is 0 Å². The predicted octanol–water partition coefficient (Wildman–Crippen LogP) is 2.92. The van der Waals surface area contributed by atoms with E-state index >= 15 is 0 Å². The standard InChI is InChI=1S/C17H19N5O/c1-11-2-6-18-14(10-11)16-15-13(21-22-16)3-7-19-17(15)20-12-4-8-23-9-5-12/h2-3,6-7,10,12H,4-5,8-9H2,1H3,(H,19,20)(H,21,22). The third-order valence-corrected chi connectivity index (χ3v) is 4.20. The van der Waals surface area contributed by atoms with Gasteiger partial charge in [0, 0.05) is 31.6 Å². The number of nitrogens with one attached hydrogen (secondary N) is 2. The highest BCUT2D eigenvalue weighted by Crippen LogP contribution is 2.30. The average Bonchev–Trinajstić information content (AvgIpc) is 3.01. The molecule has 1 fully saturated rings. The van der Waals surface area contributed by atoms with Gasteiger partial charge in [-0.1, -0.05) is 0 Å². The van der Waals surface area contributed by atoms with Crippen LogP contribution in [0.15, 0.2) is 30.6 Å².